The summed E-state index contributed by atoms with van der Waals surface area (Å²) in [5.41, 5.74) is 3.69. The van der Waals surface area contributed by atoms with Gasteiger partial charge in [-0.3, -0.25) is 4.79 Å². The van der Waals surface area contributed by atoms with E-state index in [4.69, 9.17) is 9.26 Å². The van der Waals surface area contributed by atoms with Gasteiger partial charge in [0.25, 0.3) is 5.91 Å². The molecular weight excluding hydrogens is 347 g/mol. The van der Waals surface area contributed by atoms with Crippen molar-refractivity contribution in [3.8, 4) is 5.75 Å². The summed E-state index contributed by atoms with van der Waals surface area (Å²) in [7, 11) is 0. The number of carbonyl (C=O) groups excluding carboxylic acids is 1. The number of benzene rings is 2. The highest BCUT2D eigenvalue weighted by molar-refractivity contribution is 6.03. The number of hydrogen-bond donors (Lipinski definition) is 1. The van der Waals surface area contributed by atoms with E-state index < -0.39 is 5.91 Å². The summed E-state index contributed by atoms with van der Waals surface area (Å²) in [5, 5.41) is 6.48. The van der Waals surface area contributed by atoms with Crippen molar-refractivity contribution in [1.29, 1.82) is 0 Å². The van der Waals surface area contributed by atoms with Crippen molar-refractivity contribution in [2.24, 2.45) is 0 Å². The number of nitrogens with zero attached hydrogens (tertiary/aromatic N) is 1. The second-order valence-corrected chi connectivity index (χ2v) is 6.54. The standard InChI is InChI=1S/C21H21FN2O3/c1-12-5-8-19(14(3)9-12)26-11-17-15(4)27-24-20(17)21(25)23-16-7-6-13(2)18(22)10-16/h5-10H,11H2,1-4H3,(H,23,25). The number of rotatable bonds is 5. The number of anilines is 1. The summed E-state index contributed by atoms with van der Waals surface area (Å²) in [6.07, 6.45) is 0. The number of ether oxygens (including phenoxy) is 1. The Morgan fingerprint density at radius 1 is 1.11 bits per heavy atom. The van der Waals surface area contributed by atoms with Crippen LogP contribution in [0.4, 0.5) is 10.1 Å². The number of aryl methyl sites for hydroxylation is 4. The first-order valence-corrected chi connectivity index (χ1v) is 8.58. The van der Waals surface area contributed by atoms with Crippen molar-refractivity contribution >= 4 is 11.6 Å². The van der Waals surface area contributed by atoms with E-state index in [0.29, 0.717) is 22.6 Å². The first-order valence-electron chi connectivity index (χ1n) is 8.58. The molecule has 0 aliphatic carbocycles. The molecule has 2 aromatic carbocycles. The highest BCUT2D eigenvalue weighted by atomic mass is 19.1. The zero-order valence-corrected chi connectivity index (χ0v) is 15.7. The van der Waals surface area contributed by atoms with Gasteiger partial charge in [0.05, 0.1) is 5.56 Å². The lowest BCUT2D eigenvalue weighted by Crippen LogP contribution is -2.15. The van der Waals surface area contributed by atoms with Crippen LogP contribution in [0.2, 0.25) is 0 Å². The van der Waals surface area contributed by atoms with Gasteiger partial charge in [0, 0.05) is 5.69 Å². The van der Waals surface area contributed by atoms with Gasteiger partial charge >= 0.3 is 0 Å². The van der Waals surface area contributed by atoms with Gasteiger partial charge in [0.1, 0.15) is 23.9 Å². The lowest BCUT2D eigenvalue weighted by atomic mass is 10.1. The van der Waals surface area contributed by atoms with Crippen molar-refractivity contribution < 1.29 is 18.4 Å². The van der Waals surface area contributed by atoms with Crippen LogP contribution in [-0.2, 0) is 6.61 Å². The second-order valence-electron chi connectivity index (χ2n) is 6.54. The molecule has 3 rings (SSSR count). The Morgan fingerprint density at radius 2 is 1.89 bits per heavy atom. The molecule has 0 aliphatic heterocycles. The lowest BCUT2D eigenvalue weighted by Gasteiger charge is -2.10. The summed E-state index contributed by atoms with van der Waals surface area (Å²) in [6.45, 7) is 7.49. The maximum Gasteiger partial charge on any atom is 0.278 e. The first kappa shape index (κ1) is 18.6. The summed E-state index contributed by atoms with van der Waals surface area (Å²) in [4.78, 5) is 12.6. The van der Waals surface area contributed by atoms with Gasteiger partial charge in [-0.2, -0.15) is 0 Å². The molecule has 140 valence electrons. The third-order valence-corrected chi connectivity index (χ3v) is 4.33. The Bertz CT molecular complexity index is 995. The number of aromatic nitrogens is 1. The summed E-state index contributed by atoms with van der Waals surface area (Å²) in [6, 6.07) is 10.4. The van der Waals surface area contributed by atoms with Gasteiger partial charge in [-0.25, -0.2) is 4.39 Å². The molecule has 3 aromatic rings. The second kappa shape index (κ2) is 7.61. The van der Waals surface area contributed by atoms with Gasteiger partial charge in [-0.05, 0) is 57.0 Å². The number of hydrogen-bond acceptors (Lipinski definition) is 4. The molecule has 0 spiro atoms. The minimum absolute atomic E-state index is 0.123. The molecule has 5 nitrogen and oxygen atoms in total. The van der Waals surface area contributed by atoms with Gasteiger partial charge in [0.2, 0.25) is 0 Å². The predicted molar refractivity (Wildman–Crippen MR) is 101 cm³/mol. The van der Waals surface area contributed by atoms with Crippen molar-refractivity contribution in [3.63, 3.8) is 0 Å². The fourth-order valence-corrected chi connectivity index (χ4v) is 2.71. The molecule has 0 saturated heterocycles. The fourth-order valence-electron chi connectivity index (χ4n) is 2.71. The molecule has 6 heteroatoms. The van der Waals surface area contributed by atoms with Crippen LogP contribution >= 0.6 is 0 Å². The quantitative estimate of drug-likeness (QED) is 0.697. The molecule has 0 atom stereocenters. The molecule has 1 N–H and O–H groups in total. The minimum Gasteiger partial charge on any atom is -0.488 e. The van der Waals surface area contributed by atoms with Gasteiger partial charge in [-0.15, -0.1) is 0 Å². The minimum atomic E-state index is -0.477. The highest BCUT2D eigenvalue weighted by Gasteiger charge is 2.21. The average molecular weight is 368 g/mol. The SMILES string of the molecule is Cc1ccc(OCc2c(C(=O)Nc3ccc(C)c(F)c3)noc2C)c(C)c1. The highest BCUT2D eigenvalue weighted by Crippen LogP contribution is 2.23. The van der Waals surface area contributed by atoms with E-state index in [1.807, 2.05) is 32.0 Å². The van der Waals surface area contributed by atoms with E-state index in [1.54, 1.807) is 26.0 Å². The Morgan fingerprint density at radius 3 is 2.59 bits per heavy atom. The molecule has 0 unspecified atom stereocenters. The van der Waals surface area contributed by atoms with Crippen LogP contribution in [0.15, 0.2) is 40.9 Å². The third kappa shape index (κ3) is 4.16. The van der Waals surface area contributed by atoms with Gasteiger partial charge in [0.15, 0.2) is 5.69 Å². The van der Waals surface area contributed by atoms with E-state index in [0.717, 1.165) is 16.9 Å². The Balaban J connectivity index is 1.77. The van der Waals surface area contributed by atoms with E-state index in [-0.39, 0.29) is 18.1 Å². The van der Waals surface area contributed by atoms with Crippen LogP contribution in [0.1, 0.15) is 38.5 Å². The molecule has 1 amide bonds. The topological polar surface area (TPSA) is 64.4 Å². The molecule has 0 bridgehead atoms. The Labute approximate surface area is 157 Å². The van der Waals surface area contributed by atoms with Crippen LogP contribution in [0, 0.1) is 33.5 Å². The Kier molecular flexibility index (Phi) is 5.26. The van der Waals surface area contributed by atoms with Crippen molar-refractivity contribution in [1.82, 2.24) is 5.16 Å². The smallest absolute Gasteiger partial charge is 0.278 e. The van der Waals surface area contributed by atoms with E-state index in [9.17, 15) is 9.18 Å². The maximum absolute atomic E-state index is 13.7. The zero-order chi connectivity index (χ0) is 19.6. The van der Waals surface area contributed by atoms with Crippen LogP contribution in [0.5, 0.6) is 5.75 Å². The van der Waals surface area contributed by atoms with Crippen LogP contribution in [-0.4, -0.2) is 11.1 Å². The summed E-state index contributed by atoms with van der Waals surface area (Å²) < 4.78 is 24.7. The molecule has 1 aromatic heterocycles. The van der Waals surface area contributed by atoms with E-state index in [1.165, 1.54) is 6.07 Å². The number of nitrogens with one attached hydrogen (secondary N) is 1. The average Bonchev–Trinajstić information content (AvgIpc) is 2.98. The number of halogens is 1. The molecule has 0 radical (unpaired) electrons. The largest absolute Gasteiger partial charge is 0.488 e. The molecular formula is C21H21FN2O3. The first-order chi connectivity index (χ1) is 12.8. The normalized spacial score (nSPS) is 10.7. The molecule has 0 fully saturated rings. The third-order valence-electron chi connectivity index (χ3n) is 4.33. The maximum atomic E-state index is 13.7. The molecule has 27 heavy (non-hydrogen) atoms. The van der Waals surface area contributed by atoms with Crippen molar-refractivity contribution in [2.45, 2.75) is 34.3 Å². The summed E-state index contributed by atoms with van der Waals surface area (Å²) >= 11 is 0. The zero-order valence-electron chi connectivity index (χ0n) is 15.7. The predicted octanol–water partition coefficient (Wildman–Crippen LogP) is 4.88. The van der Waals surface area contributed by atoms with Crippen LogP contribution in [0.25, 0.3) is 0 Å². The van der Waals surface area contributed by atoms with Crippen molar-refractivity contribution in [3.05, 3.63) is 75.9 Å². The fraction of sp³-hybridized carbons (Fsp3) is 0.238. The molecule has 0 aliphatic rings. The van der Waals surface area contributed by atoms with Crippen LogP contribution in [0.3, 0.4) is 0 Å². The summed E-state index contributed by atoms with van der Waals surface area (Å²) in [5.74, 6) is 0.366. The molecule has 1 heterocycles. The van der Waals surface area contributed by atoms with Gasteiger partial charge < -0.3 is 14.6 Å². The van der Waals surface area contributed by atoms with Gasteiger partial charge in [-0.1, -0.05) is 28.9 Å². The monoisotopic (exact) mass is 368 g/mol. The van der Waals surface area contributed by atoms with E-state index in [2.05, 4.69) is 10.5 Å². The van der Waals surface area contributed by atoms with Crippen molar-refractivity contribution in [2.75, 3.05) is 5.32 Å². The molecule has 0 saturated carbocycles. The lowest BCUT2D eigenvalue weighted by molar-refractivity contribution is 0.101. The van der Waals surface area contributed by atoms with E-state index >= 15 is 0 Å². The number of amides is 1. The van der Waals surface area contributed by atoms with Crippen LogP contribution < -0.4 is 10.1 Å². The number of carbonyl (C=O) groups is 1. The Hall–Kier alpha value is -3.15.